The van der Waals surface area contributed by atoms with Crippen molar-refractivity contribution in [1.82, 2.24) is 15.1 Å². The Morgan fingerprint density at radius 2 is 1.53 bits per heavy atom. The Balaban J connectivity index is 1.48. The van der Waals surface area contributed by atoms with Gasteiger partial charge in [-0.15, -0.1) is 10.2 Å². The number of carbonyl (C=O) groups is 1. The van der Waals surface area contributed by atoms with Gasteiger partial charge in [-0.3, -0.25) is 4.79 Å². The number of rotatable bonds is 3. The minimum atomic E-state index is 0.0303. The Hall–Kier alpha value is -4.24. The maximum atomic E-state index is 13.1. The smallest absolute Gasteiger partial charge is 0.254 e. The molecule has 168 valence electrons. The van der Waals surface area contributed by atoms with Gasteiger partial charge in [-0.25, -0.2) is 0 Å². The van der Waals surface area contributed by atoms with Gasteiger partial charge in [0.1, 0.15) is 5.69 Å². The minimum absolute atomic E-state index is 0.0303. The lowest BCUT2D eigenvalue weighted by Gasteiger charge is -2.44. The minimum Gasteiger partial charge on any atom is -0.348 e. The summed E-state index contributed by atoms with van der Waals surface area (Å²) in [4.78, 5) is 17.3. The number of nitriles is 1. The summed E-state index contributed by atoms with van der Waals surface area (Å²) >= 11 is 0. The first kappa shape index (κ1) is 21.6. The second-order valence-electron chi connectivity index (χ2n) is 8.78. The average Bonchev–Trinajstić information content (AvgIpc) is 2.89. The molecule has 0 bridgehead atoms. The highest BCUT2D eigenvalue weighted by atomic mass is 16.2. The molecule has 0 radical (unpaired) electrons. The molecule has 0 N–H and O–H groups in total. The zero-order chi connectivity index (χ0) is 23.7. The number of piperazine rings is 1. The molecule has 6 nitrogen and oxygen atoms in total. The molecule has 2 heterocycles. The van der Waals surface area contributed by atoms with E-state index in [-0.39, 0.29) is 18.0 Å². The first-order valence-corrected chi connectivity index (χ1v) is 11.5. The molecule has 4 aromatic rings. The predicted molar refractivity (Wildman–Crippen MR) is 133 cm³/mol. The number of aromatic nitrogens is 2. The molecule has 1 aliphatic heterocycles. The van der Waals surface area contributed by atoms with Crippen LogP contribution >= 0.6 is 0 Å². The van der Waals surface area contributed by atoms with E-state index in [0.29, 0.717) is 24.2 Å². The van der Waals surface area contributed by atoms with E-state index < -0.39 is 0 Å². The van der Waals surface area contributed by atoms with Crippen molar-refractivity contribution in [2.45, 2.75) is 25.9 Å². The molecule has 1 fully saturated rings. The van der Waals surface area contributed by atoms with Crippen LogP contribution in [0.5, 0.6) is 0 Å². The molecule has 0 spiro atoms. The first-order valence-electron chi connectivity index (χ1n) is 11.5. The SMILES string of the molecule is CC1CN(C(=O)c2ccccc2)[C@H](C)CN1c1nnc(-c2ccc(C#N)cc2)c2ccccc12. The Morgan fingerprint density at radius 3 is 2.24 bits per heavy atom. The molecular weight excluding hydrogens is 422 g/mol. The molecule has 1 saturated heterocycles. The summed E-state index contributed by atoms with van der Waals surface area (Å²) in [6, 6.07) is 27.3. The molecule has 0 aliphatic carbocycles. The molecule has 2 atom stereocenters. The van der Waals surface area contributed by atoms with Crippen LogP contribution in [0.25, 0.3) is 22.0 Å². The lowest BCUT2D eigenvalue weighted by atomic mass is 10.0. The highest BCUT2D eigenvalue weighted by Crippen LogP contribution is 2.33. The number of benzene rings is 3. The first-order chi connectivity index (χ1) is 16.6. The van der Waals surface area contributed by atoms with Gasteiger partial charge in [-0.2, -0.15) is 5.26 Å². The van der Waals surface area contributed by atoms with Crippen LogP contribution in [0.1, 0.15) is 29.8 Å². The average molecular weight is 448 g/mol. The summed E-state index contributed by atoms with van der Waals surface area (Å²) in [5.41, 5.74) is 3.05. The van der Waals surface area contributed by atoms with Crippen LogP contribution in [0.2, 0.25) is 0 Å². The van der Waals surface area contributed by atoms with Crippen LogP contribution in [0.3, 0.4) is 0 Å². The van der Waals surface area contributed by atoms with E-state index in [4.69, 9.17) is 5.26 Å². The maximum Gasteiger partial charge on any atom is 0.254 e. The Morgan fingerprint density at radius 1 is 0.853 bits per heavy atom. The summed E-state index contributed by atoms with van der Waals surface area (Å²) in [5.74, 6) is 0.894. The van der Waals surface area contributed by atoms with Gasteiger partial charge < -0.3 is 9.80 Å². The van der Waals surface area contributed by atoms with Crippen LogP contribution in [-0.4, -0.2) is 46.2 Å². The zero-order valence-electron chi connectivity index (χ0n) is 19.2. The van der Waals surface area contributed by atoms with E-state index in [1.807, 2.05) is 59.5 Å². The number of hydrogen-bond donors (Lipinski definition) is 0. The normalized spacial score (nSPS) is 18.0. The maximum absolute atomic E-state index is 13.1. The van der Waals surface area contributed by atoms with E-state index in [0.717, 1.165) is 27.8 Å². The van der Waals surface area contributed by atoms with Gasteiger partial charge in [0.25, 0.3) is 5.91 Å². The molecule has 5 rings (SSSR count). The summed E-state index contributed by atoms with van der Waals surface area (Å²) in [6.07, 6.45) is 0. The lowest BCUT2D eigenvalue weighted by Crippen LogP contribution is -2.58. The van der Waals surface area contributed by atoms with Crippen LogP contribution in [-0.2, 0) is 0 Å². The summed E-state index contributed by atoms with van der Waals surface area (Å²) in [6.45, 7) is 5.50. The molecule has 3 aromatic carbocycles. The fourth-order valence-corrected chi connectivity index (χ4v) is 4.67. The van der Waals surface area contributed by atoms with Crippen molar-refractivity contribution in [2.75, 3.05) is 18.0 Å². The van der Waals surface area contributed by atoms with E-state index in [1.165, 1.54) is 0 Å². The number of amides is 1. The molecule has 1 amide bonds. The van der Waals surface area contributed by atoms with Crippen molar-refractivity contribution >= 4 is 22.5 Å². The van der Waals surface area contributed by atoms with Crippen LogP contribution in [0.4, 0.5) is 5.82 Å². The molecule has 0 saturated carbocycles. The molecular formula is C28H25N5O. The fourth-order valence-electron chi connectivity index (χ4n) is 4.67. The Kier molecular flexibility index (Phi) is 5.69. The Bertz CT molecular complexity index is 1380. The van der Waals surface area contributed by atoms with Gasteiger partial charge in [0.2, 0.25) is 0 Å². The van der Waals surface area contributed by atoms with Crippen LogP contribution < -0.4 is 4.90 Å². The van der Waals surface area contributed by atoms with E-state index >= 15 is 0 Å². The second kappa shape index (κ2) is 8.95. The second-order valence-corrected chi connectivity index (χ2v) is 8.78. The summed E-state index contributed by atoms with van der Waals surface area (Å²) < 4.78 is 0. The monoisotopic (exact) mass is 447 g/mol. The van der Waals surface area contributed by atoms with Crippen molar-refractivity contribution < 1.29 is 4.79 Å². The van der Waals surface area contributed by atoms with Crippen molar-refractivity contribution in [3.63, 3.8) is 0 Å². The molecule has 1 unspecified atom stereocenters. The zero-order valence-corrected chi connectivity index (χ0v) is 19.2. The molecule has 1 aromatic heterocycles. The number of carbonyl (C=O) groups excluding carboxylic acids is 1. The van der Waals surface area contributed by atoms with Gasteiger partial charge in [-0.1, -0.05) is 54.6 Å². The third-order valence-electron chi connectivity index (χ3n) is 6.49. The van der Waals surface area contributed by atoms with Crippen molar-refractivity contribution in [3.8, 4) is 17.3 Å². The third kappa shape index (κ3) is 3.86. The van der Waals surface area contributed by atoms with Gasteiger partial charge in [0.15, 0.2) is 5.82 Å². The van der Waals surface area contributed by atoms with Crippen LogP contribution in [0, 0.1) is 11.3 Å². The van der Waals surface area contributed by atoms with Crippen molar-refractivity contribution in [3.05, 3.63) is 90.0 Å². The molecule has 1 aliphatic rings. The van der Waals surface area contributed by atoms with E-state index in [2.05, 4.69) is 47.1 Å². The number of fused-ring (bicyclic) bond motifs is 1. The van der Waals surface area contributed by atoms with Crippen LogP contribution in [0.15, 0.2) is 78.9 Å². The highest BCUT2D eigenvalue weighted by molar-refractivity contribution is 6.00. The lowest BCUT2D eigenvalue weighted by molar-refractivity contribution is 0.0644. The van der Waals surface area contributed by atoms with Gasteiger partial charge in [-0.05, 0) is 38.1 Å². The topological polar surface area (TPSA) is 73.1 Å². The molecule has 6 heteroatoms. The third-order valence-corrected chi connectivity index (χ3v) is 6.49. The van der Waals surface area contributed by atoms with Gasteiger partial charge >= 0.3 is 0 Å². The van der Waals surface area contributed by atoms with Crippen molar-refractivity contribution in [2.24, 2.45) is 0 Å². The number of anilines is 1. The number of nitrogens with zero attached hydrogens (tertiary/aromatic N) is 5. The number of hydrogen-bond acceptors (Lipinski definition) is 5. The highest BCUT2D eigenvalue weighted by Gasteiger charge is 2.34. The summed E-state index contributed by atoms with van der Waals surface area (Å²) in [5, 5.41) is 20.4. The standard InChI is InChI=1S/C28H25N5O/c1-19-18-33(28(34)23-8-4-3-5-9-23)20(2)17-32(19)27-25-11-7-6-10-24(25)26(30-31-27)22-14-12-21(16-29)13-15-22/h3-15,19-20H,17-18H2,1-2H3/t19?,20-/m1/s1. The summed E-state index contributed by atoms with van der Waals surface area (Å²) in [7, 11) is 0. The van der Waals surface area contributed by atoms with E-state index in [1.54, 1.807) is 12.1 Å². The van der Waals surface area contributed by atoms with Gasteiger partial charge in [0.05, 0.1) is 11.6 Å². The van der Waals surface area contributed by atoms with Gasteiger partial charge in [0, 0.05) is 47.1 Å². The quantitative estimate of drug-likeness (QED) is 0.446. The molecule has 34 heavy (non-hydrogen) atoms. The van der Waals surface area contributed by atoms with E-state index in [9.17, 15) is 4.79 Å². The van der Waals surface area contributed by atoms with Crippen molar-refractivity contribution in [1.29, 1.82) is 5.26 Å². The predicted octanol–water partition coefficient (Wildman–Crippen LogP) is 4.91. The fraction of sp³-hybridized carbons (Fsp3) is 0.214. The largest absolute Gasteiger partial charge is 0.348 e. The Labute approximate surface area is 199 Å².